The number of aliphatic carboxylic acids is 1. The molecule has 2 aromatic rings. The van der Waals surface area contributed by atoms with Crippen molar-refractivity contribution in [2.75, 3.05) is 5.75 Å². The van der Waals surface area contributed by atoms with Gasteiger partial charge in [-0.1, -0.05) is 35.0 Å². The normalized spacial score (nSPS) is 10.8. The van der Waals surface area contributed by atoms with E-state index in [0.29, 0.717) is 33.1 Å². The van der Waals surface area contributed by atoms with Gasteiger partial charge in [0.1, 0.15) is 0 Å². The first-order chi connectivity index (χ1) is 9.52. The van der Waals surface area contributed by atoms with Crippen molar-refractivity contribution in [2.24, 2.45) is 0 Å². The van der Waals surface area contributed by atoms with Crippen LogP contribution >= 0.6 is 35.0 Å². The number of carbonyl (C=O) groups is 1. The van der Waals surface area contributed by atoms with Gasteiger partial charge in [0.05, 0.1) is 10.8 Å². The van der Waals surface area contributed by atoms with Crippen LogP contribution in [0.2, 0.25) is 10.0 Å². The second-order valence-corrected chi connectivity index (χ2v) is 5.64. The van der Waals surface area contributed by atoms with Gasteiger partial charge in [-0.3, -0.25) is 4.79 Å². The summed E-state index contributed by atoms with van der Waals surface area (Å²) < 4.78 is 1.81. The van der Waals surface area contributed by atoms with Crippen LogP contribution in [0, 0.1) is 0 Å². The van der Waals surface area contributed by atoms with Crippen LogP contribution in [0.25, 0.3) is 11.4 Å². The fourth-order valence-electron chi connectivity index (χ4n) is 1.67. The molecule has 0 fully saturated rings. The van der Waals surface area contributed by atoms with Crippen LogP contribution in [-0.2, 0) is 11.3 Å². The van der Waals surface area contributed by atoms with Crippen LogP contribution in [-0.4, -0.2) is 31.6 Å². The van der Waals surface area contributed by atoms with E-state index in [1.54, 1.807) is 18.2 Å². The third-order valence-corrected chi connectivity index (χ3v) is 4.04. The molecule has 0 amide bonds. The number of rotatable bonds is 5. The number of halogens is 2. The van der Waals surface area contributed by atoms with Gasteiger partial charge in [0.2, 0.25) is 0 Å². The lowest BCUT2D eigenvalue weighted by Crippen LogP contribution is -2.03. The summed E-state index contributed by atoms with van der Waals surface area (Å²) in [5.41, 5.74) is 0.677. The number of thioether (sulfide) groups is 1. The zero-order chi connectivity index (χ0) is 14.7. The quantitative estimate of drug-likeness (QED) is 0.850. The number of nitrogens with zero attached hydrogens (tertiary/aromatic N) is 3. The van der Waals surface area contributed by atoms with E-state index in [4.69, 9.17) is 28.3 Å². The number of aromatic nitrogens is 3. The molecule has 1 heterocycles. The molecule has 5 nitrogen and oxygen atoms in total. The zero-order valence-corrected chi connectivity index (χ0v) is 12.8. The molecule has 1 N–H and O–H groups in total. The van der Waals surface area contributed by atoms with Crippen molar-refractivity contribution in [3.63, 3.8) is 0 Å². The molecule has 20 heavy (non-hydrogen) atoms. The highest BCUT2D eigenvalue weighted by molar-refractivity contribution is 7.99. The molecule has 0 radical (unpaired) electrons. The lowest BCUT2D eigenvalue weighted by molar-refractivity contribution is -0.133. The first-order valence-electron chi connectivity index (χ1n) is 5.76. The van der Waals surface area contributed by atoms with Crippen molar-refractivity contribution in [1.29, 1.82) is 0 Å². The molecule has 0 aliphatic heterocycles. The van der Waals surface area contributed by atoms with Crippen molar-refractivity contribution in [2.45, 2.75) is 18.6 Å². The van der Waals surface area contributed by atoms with Crippen molar-refractivity contribution < 1.29 is 9.90 Å². The Morgan fingerprint density at radius 1 is 1.40 bits per heavy atom. The number of benzene rings is 1. The Hall–Kier alpha value is -1.24. The molecule has 0 spiro atoms. The Labute approximate surface area is 129 Å². The minimum absolute atomic E-state index is 0.0680. The maximum atomic E-state index is 10.6. The molecular formula is C12H11Cl2N3O2S. The first-order valence-corrected chi connectivity index (χ1v) is 7.50. The van der Waals surface area contributed by atoms with E-state index >= 15 is 0 Å². The lowest BCUT2D eigenvalue weighted by atomic mass is 10.2. The molecule has 0 aliphatic carbocycles. The van der Waals surface area contributed by atoms with Gasteiger partial charge in [0.25, 0.3) is 0 Å². The molecule has 0 aliphatic rings. The van der Waals surface area contributed by atoms with Gasteiger partial charge in [-0.2, -0.15) is 0 Å². The average Bonchev–Trinajstić information content (AvgIpc) is 2.81. The van der Waals surface area contributed by atoms with Crippen LogP contribution in [0.5, 0.6) is 0 Å². The Morgan fingerprint density at radius 3 is 2.80 bits per heavy atom. The summed E-state index contributed by atoms with van der Waals surface area (Å²) in [4.78, 5) is 10.6. The van der Waals surface area contributed by atoms with Crippen LogP contribution in [0.4, 0.5) is 0 Å². The van der Waals surface area contributed by atoms with Gasteiger partial charge in [0.15, 0.2) is 11.0 Å². The Morgan fingerprint density at radius 2 is 2.15 bits per heavy atom. The molecule has 0 saturated heterocycles. The van der Waals surface area contributed by atoms with E-state index in [2.05, 4.69) is 10.2 Å². The van der Waals surface area contributed by atoms with E-state index in [1.807, 2.05) is 11.5 Å². The summed E-state index contributed by atoms with van der Waals surface area (Å²) in [6, 6.07) is 5.10. The van der Waals surface area contributed by atoms with Crippen LogP contribution in [0.1, 0.15) is 6.92 Å². The number of hydrogen-bond acceptors (Lipinski definition) is 4. The monoisotopic (exact) mass is 331 g/mol. The van der Waals surface area contributed by atoms with E-state index < -0.39 is 5.97 Å². The molecule has 0 saturated carbocycles. The smallest absolute Gasteiger partial charge is 0.313 e. The van der Waals surface area contributed by atoms with Gasteiger partial charge < -0.3 is 9.67 Å². The fourth-order valence-corrected chi connectivity index (χ4v) is 2.77. The van der Waals surface area contributed by atoms with Crippen molar-refractivity contribution in [3.8, 4) is 11.4 Å². The maximum absolute atomic E-state index is 10.6. The minimum atomic E-state index is -0.900. The highest BCUT2D eigenvalue weighted by atomic mass is 35.5. The molecule has 1 aromatic carbocycles. The number of carboxylic acids is 1. The molecular weight excluding hydrogens is 321 g/mol. The SMILES string of the molecule is CCn1c(SCC(=O)O)nnc1-c1cc(Cl)ccc1Cl. The van der Waals surface area contributed by atoms with Gasteiger partial charge >= 0.3 is 5.97 Å². The van der Waals surface area contributed by atoms with Gasteiger partial charge in [-0.25, -0.2) is 0 Å². The van der Waals surface area contributed by atoms with Crippen LogP contribution in [0.15, 0.2) is 23.4 Å². The Balaban J connectivity index is 2.42. The molecule has 0 unspecified atom stereocenters. The standard InChI is InChI=1S/C12H11Cl2N3O2S/c1-2-17-11(8-5-7(13)3-4-9(8)14)15-16-12(17)20-6-10(18)19/h3-5H,2,6H2,1H3,(H,18,19). The van der Waals surface area contributed by atoms with Crippen LogP contribution in [0.3, 0.4) is 0 Å². The highest BCUT2D eigenvalue weighted by Gasteiger charge is 2.16. The predicted octanol–water partition coefficient (Wildman–Crippen LogP) is 3.45. The second-order valence-electron chi connectivity index (χ2n) is 3.86. The first kappa shape index (κ1) is 15.2. The largest absolute Gasteiger partial charge is 0.481 e. The van der Waals surface area contributed by atoms with Gasteiger partial charge in [-0.15, -0.1) is 10.2 Å². The Bertz CT molecular complexity index is 646. The number of carboxylic acid groups (broad SMARTS) is 1. The van der Waals surface area contributed by atoms with E-state index in [9.17, 15) is 4.79 Å². The molecule has 0 bridgehead atoms. The number of hydrogen-bond donors (Lipinski definition) is 1. The maximum Gasteiger partial charge on any atom is 0.313 e. The lowest BCUT2D eigenvalue weighted by Gasteiger charge is -2.08. The zero-order valence-electron chi connectivity index (χ0n) is 10.5. The predicted molar refractivity (Wildman–Crippen MR) is 79.5 cm³/mol. The summed E-state index contributed by atoms with van der Waals surface area (Å²) in [6.45, 7) is 2.53. The van der Waals surface area contributed by atoms with E-state index in [1.165, 1.54) is 0 Å². The molecule has 2 rings (SSSR count). The third-order valence-electron chi connectivity index (χ3n) is 2.53. The summed E-state index contributed by atoms with van der Waals surface area (Å²) in [5, 5.41) is 18.4. The third kappa shape index (κ3) is 3.26. The van der Waals surface area contributed by atoms with Gasteiger partial charge in [0, 0.05) is 17.1 Å². The summed E-state index contributed by atoms with van der Waals surface area (Å²) in [5.74, 6) is -0.391. The summed E-state index contributed by atoms with van der Waals surface area (Å²) in [6.07, 6.45) is 0. The second kappa shape index (κ2) is 6.47. The molecule has 106 valence electrons. The van der Waals surface area contributed by atoms with E-state index in [-0.39, 0.29) is 5.75 Å². The van der Waals surface area contributed by atoms with Crippen LogP contribution < -0.4 is 0 Å². The molecule has 0 atom stereocenters. The minimum Gasteiger partial charge on any atom is -0.481 e. The summed E-state index contributed by atoms with van der Waals surface area (Å²) >= 11 is 13.2. The fraction of sp³-hybridized carbons (Fsp3) is 0.250. The van der Waals surface area contributed by atoms with Crippen molar-refractivity contribution >= 4 is 40.9 Å². The topological polar surface area (TPSA) is 68.0 Å². The molecule has 8 heteroatoms. The highest BCUT2D eigenvalue weighted by Crippen LogP contribution is 2.31. The van der Waals surface area contributed by atoms with E-state index in [0.717, 1.165) is 11.8 Å². The Kier molecular flexibility index (Phi) is 4.91. The van der Waals surface area contributed by atoms with Crippen molar-refractivity contribution in [3.05, 3.63) is 28.2 Å². The molecule has 1 aromatic heterocycles. The van der Waals surface area contributed by atoms with Gasteiger partial charge in [-0.05, 0) is 25.1 Å². The van der Waals surface area contributed by atoms with Crippen molar-refractivity contribution in [1.82, 2.24) is 14.8 Å². The summed E-state index contributed by atoms with van der Waals surface area (Å²) in [7, 11) is 0. The average molecular weight is 332 g/mol.